The zero-order valence-corrected chi connectivity index (χ0v) is 16.5. The maximum Gasteiger partial charge on any atom is 0.251 e. The molecule has 2 aromatic heterocycles. The minimum Gasteiger partial charge on any atom is -0.355 e. The third-order valence-electron chi connectivity index (χ3n) is 4.69. The van der Waals surface area contributed by atoms with E-state index in [-0.39, 0.29) is 11.8 Å². The zero-order valence-electron chi connectivity index (χ0n) is 16.5. The largest absolute Gasteiger partial charge is 0.355 e. The van der Waals surface area contributed by atoms with E-state index in [9.17, 15) is 9.59 Å². The number of carbonyl (C=O) groups is 2. The van der Waals surface area contributed by atoms with Crippen molar-refractivity contribution >= 4 is 11.8 Å². The maximum atomic E-state index is 12.3. The number of benzene rings is 2. The Labute approximate surface area is 173 Å². The molecule has 150 valence electrons. The summed E-state index contributed by atoms with van der Waals surface area (Å²) in [4.78, 5) is 29.1. The van der Waals surface area contributed by atoms with Crippen LogP contribution in [0, 0.1) is 0 Å². The third-order valence-corrected chi connectivity index (χ3v) is 4.69. The molecule has 0 aliphatic rings. The Bertz CT molecular complexity index is 1180. The molecule has 0 unspecified atom stereocenters. The van der Waals surface area contributed by atoms with Crippen molar-refractivity contribution in [2.75, 3.05) is 14.1 Å². The second-order valence-corrected chi connectivity index (χ2v) is 6.51. The van der Waals surface area contributed by atoms with E-state index in [0.717, 1.165) is 11.4 Å². The molecule has 0 bridgehead atoms. The summed E-state index contributed by atoms with van der Waals surface area (Å²) in [6.07, 6.45) is 5.16. The summed E-state index contributed by atoms with van der Waals surface area (Å²) >= 11 is 0. The van der Waals surface area contributed by atoms with Crippen LogP contribution in [0.3, 0.4) is 0 Å². The molecule has 0 saturated heterocycles. The summed E-state index contributed by atoms with van der Waals surface area (Å²) in [6.45, 7) is 0. The van der Waals surface area contributed by atoms with Gasteiger partial charge in [-0.3, -0.25) is 14.2 Å². The molecular formula is C22H20N6O2. The van der Waals surface area contributed by atoms with Gasteiger partial charge in [-0.25, -0.2) is 9.67 Å². The van der Waals surface area contributed by atoms with Crippen LogP contribution in [0.1, 0.15) is 20.7 Å². The van der Waals surface area contributed by atoms with Gasteiger partial charge in [0.2, 0.25) is 0 Å². The Morgan fingerprint density at radius 1 is 0.833 bits per heavy atom. The fourth-order valence-electron chi connectivity index (χ4n) is 3.25. The molecule has 2 aromatic carbocycles. The van der Waals surface area contributed by atoms with Gasteiger partial charge in [-0.2, -0.15) is 5.10 Å². The zero-order chi connectivity index (χ0) is 21.1. The van der Waals surface area contributed by atoms with Crippen molar-refractivity contribution < 1.29 is 9.59 Å². The summed E-state index contributed by atoms with van der Waals surface area (Å²) < 4.78 is 3.62. The molecule has 4 aromatic rings. The molecule has 4 rings (SSSR count). The Kier molecular flexibility index (Phi) is 5.13. The standard InChI is InChI=1S/C22H20N6O2/c1-23-21(29)15-12-16(22(30)24-2)14-18(13-15)27-11-10-25-20(27)19-8-9-26-28(19)17-6-4-3-5-7-17/h3-14H,1-2H3,(H,23,29)(H,24,30). The number of hydrogen-bond acceptors (Lipinski definition) is 4. The van der Waals surface area contributed by atoms with Gasteiger partial charge in [0.1, 0.15) is 5.69 Å². The van der Waals surface area contributed by atoms with Crippen molar-refractivity contribution in [3.05, 3.63) is 84.3 Å². The molecule has 8 heteroatoms. The van der Waals surface area contributed by atoms with Crippen LogP contribution in [0.25, 0.3) is 22.9 Å². The van der Waals surface area contributed by atoms with E-state index in [1.807, 2.05) is 41.0 Å². The first-order chi connectivity index (χ1) is 14.6. The van der Waals surface area contributed by atoms with E-state index in [0.29, 0.717) is 22.6 Å². The maximum absolute atomic E-state index is 12.3. The minimum absolute atomic E-state index is 0.280. The van der Waals surface area contributed by atoms with E-state index in [4.69, 9.17) is 0 Å². The first-order valence-corrected chi connectivity index (χ1v) is 9.35. The van der Waals surface area contributed by atoms with Crippen molar-refractivity contribution in [1.82, 2.24) is 30.0 Å². The van der Waals surface area contributed by atoms with Gasteiger partial charge in [0.25, 0.3) is 11.8 Å². The third kappa shape index (κ3) is 3.46. The second kappa shape index (κ2) is 8.04. The Hall–Kier alpha value is -4.20. The lowest BCUT2D eigenvalue weighted by molar-refractivity contribution is 0.0962. The lowest BCUT2D eigenvalue weighted by Gasteiger charge is -2.13. The summed E-state index contributed by atoms with van der Waals surface area (Å²) in [7, 11) is 3.10. The van der Waals surface area contributed by atoms with Crippen molar-refractivity contribution in [2.45, 2.75) is 0 Å². The van der Waals surface area contributed by atoms with Crippen molar-refractivity contribution in [3.8, 4) is 22.9 Å². The van der Waals surface area contributed by atoms with Gasteiger partial charge in [0.15, 0.2) is 5.82 Å². The number of rotatable bonds is 5. The first kappa shape index (κ1) is 19.1. The molecule has 0 fully saturated rings. The summed E-state index contributed by atoms with van der Waals surface area (Å²) in [5.41, 5.74) is 3.08. The van der Waals surface area contributed by atoms with E-state index in [1.165, 1.54) is 0 Å². The number of para-hydroxylation sites is 1. The van der Waals surface area contributed by atoms with E-state index >= 15 is 0 Å². The second-order valence-electron chi connectivity index (χ2n) is 6.51. The van der Waals surface area contributed by atoms with Crippen LogP contribution < -0.4 is 10.6 Å². The predicted molar refractivity (Wildman–Crippen MR) is 113 cm³/mol. The average molecular weight is 400 g/mol. The smallest absolute Gasteiger partial charge is 0.251 e. The Morgan fingerprint density at radius 2 is 1.50 bits per heavy atom. The minimum atomic E-state index is -0.280. The molecule has 2 N–H and O–H groups in total. The fourth-order valence-corrected chi connectivity index (χ4v) is 3.25. The van der Waals surface area contributed by atoms with Crippen molar-refractivity contribution in [2.24, 2.45) is 0 Å². The van der Waals surface area contributed by atoms with Crippen LogP contribution >= 0.6 is 0 Å². The Morgan fingerprint density at radius 3 is 2.13 bits per heavy atom. The number of nitrogens with one attached hydrogen (secondary N) is 2. The molecule has 0 radical (unpaired) electrons. The van der Waals surface area contributed by atoms with E-state index in [2.05, 4.69) is 20.7 Å². The van der Waals surface area contributed by atoms with Crippen LogP contribution in [0.4, 0.5) is 0 Å². The topological polar surface area (TPSA) is 93.8 Å². The average Bonchev–Trinajstić information content (AvgIpc) is 3.47. The van der Waals surface area contributed by atoms with Crippen LogP contribution in [-0.2, 0) is 0 Å². The van der Waals surface area contributed by atoms with Gasteiger partial charge in [0.05, 0.1) is 11.9 Å². The van der Waals surface area contributed by atoms with Gasteiger partial charge in [-0.1, -0.05) is 18.2 Å². The first-order valence-electron chi connectivity index (χ1n) is 9.35. The van der Waals surface area contributed by atoms with E-state index < -0.39 is 0 Å². The molecule has 0 atom stereocenters. The number of amides is 2. The monoisotopic (exact) mass is 400 g/mol. The summed E-state index contributed by atoms with van der Waals surface area (Å²) in [6, 6.07) is 16.6. The highest BCUT2D eigenvalue weighted by Crippen LogP contribution is 2.25. The fraction of sp³-hybridized carbons (Fsp3) is 0.0909. The van der Waals surface area contributed by atoms with Gasteiger partial charge in [-0.15, -0.1) is 0 Å². The number of carbonyl (C=O) groups excluding carboxylic acids is 2. The molecule has 2 heterocycles. The lowest BCUT2D eigenvalue weighted by atomic mass is 10.1. The predicted octanol–water partition coefficient (Wildman–Crippen LogP) is 2.44. The van der Waals surface area contributed by atoms with Gasteiger partial charge in [-0.05, 0) is 36.4 Å². The number of imidazole rings is 1. The molecule has 2 amide bonds. The summed E-state index contributed by atoms with van der Waals surface area (Å²) in [5, 5.41) is 9.63. The quantitative estimate of drug-likeness (QED) is 0.538. The van der Waals surface area contributed by atoms with Crippen molar-refractivity contribution in [1.29, 1.82) is 0 Å². The lowest BCUT2D eigenvalue weighted by Crippen LogP contribution is -2.22. The van der Waals surface area contributed by atoms with Crippen LogP contribution in [0.2, 0.25) is 0 Å². The van der Waals surface area contributed by atoms with Crippen LogP contribution in [0.5, 0.6) is 0 Å². The molecule has 0 aliphatic carbocycles. The van der Waals surface area contributed by atoms with E-state index in [1.54, 1.807) is 55.6 Å². The molecule has 0 spiro atoms. The molecule has 8 nitrogen and oxygen atoms in total. The van der Waals surface area contributed by atoms with Gasteiger partial charge in [0, 0.05) is 43.3 Å². The normalized spacial score (nSPS) is 10.6. The molecule has 30 heavy (non-hydrogen) atoms. The Balaban J connectivity index is 1.86. The number of aromatic nitrogens is 4. The molecule has 0 aliphatic heterocycles. The SMILES string of the molecule is CNC(=O)c1cc(C(=O)NC)cc(-n2ccnc2-c2ccnn2-c2ccccc2)c1. The van der Waals surface area contributed by atoms with Crippen LogP contribution in [0.15, 0.2) is 73.2 Å². The highest BCUT2D eigenvalue weighted by atomic mass is 16.2. The molecular weight excluding hydrogens is 380 g/mol. The van der Waals surface area contributed by atoms with Crippen LogP contribution in [-0.4, -0.2) is 45.2 Å². The highest BCUT2D eigenvalue weighted by molar-refractivity contribution is 6.00. The number of hydrogen-bond donors (Lipinski definition) is 2. The molecule has 0 saturated carbocycles. The van der Waals surface area contributed by atoms with Crippen molar-refractivity contribution in [3.63, 3.8) is 0 Å². The van der Waals surface area contributed by atoms with Gasteiger partial charge < -0.3 is 10.6 Å². The highest BCUT2D eigenvalue weighted by Gasteiger charge is 2.17. The summed E-state index contributed by atoms with van der Waals surface area (Å²) in [5.74, 6) is 0.0734. The van der Waals surface area contributed by atoms with Gasteiger partial charge >= 0.3 is 0 Å². The number of nitrogens with zero attached hydrogens (tertiary/aromatic N) is 4.